The molecule has 0 aromatic carbocycles. The van der Waals surface area contributed by atoms with Crippen LogP contribution in [0.25, 0.3) is 5.78 Å². The van der Waals surface area contributed by atoms with E-state index in [9.17, 15) is 4.79 Å². The first-order valence-electron chi connectivity index (χ1n) is 5.54. The first-order valence-corrected chi connectivity index (χ1v) is 7.21. The number of thiophene rings is 1. The van der Waals surface area contributed by atoms with Gasteiger partial charge in [-0.05, 0) is 33.4 Å². The van der Waals surface area contributed by atoms with E-state index in [0.29, 0.717) is 18.0 Å². The van der Waals surface area contributed by atoms with Gasteiger partial charge in [0.15, 0.2) is 0 Å². The van der Waals surface area contributed by atoms with Crippen molar-refractivity contribution in [2.24, 2.45) is 0 Å². The number of fused-ring (bicyclic) bond motifs is 1. The molecule has 0 aliphatic heterocycles. The zero-order valence-corrected chi connectivity index (χ0v) is 12.1. The zero-order valence-electron chi connectivity index (χ0n) is 9.71. The van der Waals surface area contributed by atoms with Gasteiger partial charge in [-0.25, -0.2) is 9.97 Å². The Morgan fingerprint density at radius 3 is 3.16 bits per heavy atom. The second-order valence-electron chi connectivity index (χ2n) is 3.83. The fraction of sp³-hybridized carbons (Fsp3) is 0.0833. The van der Waals surface area contributed by atoms with Crippen LogP contribution in [0.3, 0.4) is 0 Å². The Kier molecular flexibility index (Phi) is 3.31. The molecule has 0 radical (unpaired) electrons. The molecule has 0 fully saturated rings. The summed E-state index contributed by atoms with van der Waals surface area (Å²) in [4.78, 5) is 21.3. The van der Waals surface area contributed by atoms with Crippen molar-refractivity contribution in [3.05, 3.63) is 51.1 Å². The standard InChI is InChI=1S/C12H9BrN4OS/c13-8-2-5-19-10(8)6-15-11(18)9-7-17-4-1-3-14-12(17)16-9/h1-5,7H,6H2,(H,15,18). The smallest absolute Gasteiger partial charge is 0.271 e. The largest absolute Gasteiger partial charge is 0.346 e. The molecule has 0 unspecified atom stereocenters. The van der Waals surface area contributed by atoms with Gasteiger partial charge in [-0.1, -0.05) is 0 Å². The van der Waals surface area contributed by atoms with Crippen LogP contribution in [0, 0.1) is 0 Å². The van der Waals surface area contributed by atoms with E-state index in [1.165, 1.54) is 0 Å². The topological polar surface area (TPSA) is 59.3 Å². The monoisotopic (exact) mass is 336 g/mol. The Labute approximate surface area is 121 Å². The van der Waals surface area contributed by atoms with Gasteiger partial charge in [0, 0.05) is 27.9 Å². The van der Waals surface area contributed by atoms with Gasteiger partial charge in [0.1, 0.15) is 5.69 Å². The van der Waals surface area contributed by atoms with Crippen molar-refractivity contribution in [1.82, 2.24) is 19.7 Å². The fourth-order valence-electron chi connectivity index (χ4n) is 1.64. The molecular weight excluding hydrogens is 328 g/mol. The minimum absolute atomic E-state index is 0.203. The molecule has 96 valence electrons. The van der Waals surface area contributed by atoms with Gasteiger partial charge in [-0.15, -0.1) is 11.3 Å². The maximum Gasteiger partial charge on any atom is 0.271 e. The van der Waals surface area contributed by atoms with Crippen LogP contribution in [-0.2, 0) is 6.54 Å². The molecule has 1 amide bonds. The van der Waals surface area contributed by atoms with Gasteiger partial charge in [-0.2, -0.15) is 0 Å². The Balaban J connectivity index is 1.75. The second-order valence-corrected chi connectivity index (χ2v) is 5.68. The summed E-state index contributed by atoms with van der Waals surface area (Å²) in [6, 6.07) is 3.75. The number of carbonyl (C=O) groups is 1. The third-order valence-corrected chi connectivity index (χ3v) is 4.50. The molecule has 19 heavy (non-hydrogen) atoms. The summed E-state index contributed by atoms with van der Waals surface area (Å²) >= 11 is 5.02. The van der Waals surface area contributed by atoms with Gasteiger partial charge >= 0.3 is 0 Å². The molecule has 7 heteroatoms. The summed E-state index contributed by atoms with van der Waals surface area (Å²) in [5.74, 6) is 0.316. The summed E-state index contributed by atoms with van der Waals surface area (Å²) in [5, 5.41) is 4.81. The highest BCUT2D eigenvalue weighted by atomic mass is 79.9. The molecule has 3 heterocycles. The highest BCUT2D eigenvalue weighted by Gasteiger charge is 2.11. The molecule has 0 spiro atoms. The van der Waals surface area contributed by atoms with E-state index in [0.717, 1.165) is 9.35 Å². The molecule has 5 nitrogen and oxygen atoms in total. The van der Waals surface area contributed by atoms with Crippen molar-refractivity contribution in [2.45, 2.75) is 6.54 Å². The average molecular weight is 337 g/mol. The van der Waals surface area contributed by atoms with Crippen molar-refractivity contribution in [3.63, 3.8) is 0 Å². The van der Waals surface area contributed by atoms with E-state index in [4.69, 9.17) is 0 Å². The molecule has 3 aromatic rings. The number of nitrogens with one attached hydrogen (secondary N) is 1. The average Bonchev–Trinajstić information content (AvgIpc) is 3.01. The zero-order chi connectivity index (χ0) is 13.2. The van der Waals surface area contributed by atoms with Crippen LogP contribution in [0.15, 0.2) is 40.6 Å². The lowest BCUT2D eigenvalue weighted by Crippen LogP contribution is -2.22. The normalized spacial score (nSPS) is 10.8. The molecular formula is C12H9BrN4OS. The number of rotatable bonds is 3. The van der Waals surface area contributed by atoms with Crippen LogP contribution in [0.2, 0.25) is 0 Å². The van der Waals surface area contributed by atoms with E-state index in [1.807, 2.05) is 17.6 Å². The van der Waals surface area contributed by atoms with E-state index in [-0.39, 0.29) is 5.91 Å². The first-order chi connectivity index (χ1) is 9.24. The second kappa shape index (κ2) is 5.10. The first kappa shape index (κ1) is 12.3. The SMILES string of the molecule is O=C(NCc1sccc1Br)c1cn2cccnc2n1. The summed E-state index contributed by atoms with van der Waals surface area (Å²) in [6.45, 7) is 0.485. The van der Waals surface area contributed by atoms with E-state index in [1.54, 1.807) is 34.2 Å². The van der Waals surface area contributed by atoms with E-state index in [2.05, 4.69) is 31.2 Å². The van der Waals surface area contributed by atoms with Gasteiger partial charge in [0.25, 0.3) is 5.91 Å². The lowest BCUT2D eigenvalue weighted by atomic mass is 10.4. The van der Waals surface area contributed by atoms with Crippen LogP contribution in [0.5, 0.6) is 0 Å². The molecule has 0 aliphatic rings. The van der Waals surface area contributed by atoms with Crippen molar-refractivity contribution in [3.8, 4) is 0 Å². The Bertz CT molecular complexity index is 703. The number of hydrogen-bond donors (Lipinski definition) is 1. The number of aromatic nitrogens is 3. The van der Waals surface area contributed by atoms with Crippen LogP contribution in [-0.4, -0.2) is 20.3 Å². The van der Waals surface area contributed by atoms with Gasteiger partial charge < -0.3 is 5.32 Å². The van der Waals surface area contributed by atoms with Crippen LogP contribution < -0.4 is 5.32 Å². The minimum Gasteiger partial charge on any atom is -0.346 e. The Morgan fingerprint density at radius 2 is 2.42 bits per heavy atom. The van der Waals surface area contributed by atoms with Crippen molar-refractivity contribution >= 4 is 39.0 Å². The van der Waals surface area contributed by atoms with Crippen LogP contribution >= 0.6 is 27.3 Å². The highest BCUT2D eigenvalue weighted by molar-refractivity contribution is 9.10. The Hall–Kier alpha value is -1.73. The lowest BCUT2D eigenvalue weighted by Gasteiger charge is -2.01. The summed E-state index contributed by atoms with van der Waals surface area (Å²) in [6.07, 6.45) is 5.12. The Morgan fingerprint density at radius 1 is 1.53 bits per heavy atom. The van der Waals surface area contributed by atoms with Crippen molar-refractivity contribution < 1.29 is 4.79 Å². The number of carbonyl (C=O) groups excluding carboxylic acids is 1. The molecule has 0 saturated carbocycles. The quantitative estimate of drug-likeness (QED) is 0.799. The predicted octanol–water partition coefficient (Wildman–Crippen LogP) is 2.48. The van der Waals surface area contributed by atoms with Gasteiger partial charge in [-0.3, -0.25) is 9.20 Å². The number of imidazole rings is 1. The molecule has 0 saturated heterocycles. The number of hydrogen-bond acceptors (Lipinski definition) is 4. The van der Waals surface area contributed by atoms with Gasteiger partial charge in [0.2, 0.25) is 5.78 Å². The number of halogens is 1. The molecule has 3 rings (SSSR count). The molecule has 0 bridgehead atoms. The maximum absolute atomic E-state index is 12.0. The summed E-state index contributed by atoms with van der Waals surface area (Å²) < 4.78 is 2.73. The fourth-order valence-corrected chi connectivity index (χ4v) is 3.07. The third-order valence-electron chi connectivity index (χ3n) is 2.57. The summed E-state index contributed by atoms with van der Waals surface area (Å²) in [7, 11) is 0. The molecule has 3 aromatic heterocycles. The minimum atomic E-state index is -0.203. The summed E-state index contributed by atoms with van der Waals surface area (Å²) in [5.41, 5.74) is 0.367. The van der Waals surface area contributed by atoms with E-state index >= 15 is 0 Å². The number of amides is 1. The molecule has 0 atom stereocenters. The van der Waals surface area contributed by atoms with Crippen LogP contribution in [0.4, 0.5) is 0 Å². The van der Waals surface area contributed by atoms with Gasteiger partial charge in [0.05, 0.1) is 6.54 Å². The van der Waals surface area contributed by atoms with Crippen molar-refractivity contribution in [2.75, 3.05) is 0 Å². The van der Waals surface area contributed by atoms with E-state index < -0.39 is 0 Å². The van der Waals surface area contributed by atoms with Crippen LogP contribution in [0.1, 0.15) is 15.4 Å². The molecule has 1 N–H and O–H groups in total. The lowest BCUT2D eigenvalue weighted by molar-refractivity contribution is 0.0947. The number of nitrogens with zero attached hydrogens (tertiary/aromatic N) is 3. The molecule has 0 aliphatic carbocycles. The highest BCUT2D eigenvalue weighted by Crippen LogP contribution is 2.22. The predicted molar refractivity (Wildman–Crippen MR) is 76.2 cm³/mol. The van der Waals surface area contributed by atoms with Crippen molar-refractivity contribution in [1.29, 1.82) is 0 Å². The third kappa shape index (κ3) is 2.52. The maximum atomic E-state index is 12.0.